The van der Waals surface area contributed by atoms with Crippen molar-refractivity contribution in [3.8, 4) is 0 Å². The van der Waals surface area contributed by atoms with Gasteiger partial charge in [0.25, 0.3) is 0 Å². The van der Waals surface area contributed by atoms with E-state index in [4.69, 9.17) is 5.73 Å². The van der Waals surface area contributed by atoms with Crippen molar-refractivity contribution in [3.05, 3.63) is 35.6 Å². The first-order valence-electron chi connectivity index (χ1n) is 7.26. The normalized spacial score (nSPS) is 26.3. The molecule has 1 fully saturated rings. The minimum absolute atomic E-state index is 0.181. The molecule has 3 atom stereocenters. The first-order valence-corrected chi connectivity index (χ1v) is 7.26. The molecule has 3 heteroatoms. The predicted molar refractivity (Wildman–Crippen MR) is 77.6 cm³/mol. The average molecular weight is 264 g/mol. The van der Waals surface area contributed by atoms with Gasteiger partial charge in [0, 0.05) is 32.1 Å². The summed E-state index contributed by atoms with van der Waals surface area (Å²) in [4.78, 5) is 2.51. The highest BCUT2D eigenvalue weighted by atomic mass is 19.1. The van der Waals surface area contributed by atoms with Gasteiger partial charge in [-0.25, -0.2) is 4.39 Å². The minimum Gasteiger partial charge on any atom is -0.330 e. The number of rotatable bonds is 4. The van der Waals surface area contributed by atoms with Gasteiger partial charge >= 0.3 is 0 Å². The highest BCUT2D eigenvalue weighted by Gasteiger charge is 2.24. The lowest BCUT2D eigenvalue weighted by molar-refractivity contribution is 0.134. The number of halogens is 1. The van der Waals surface area contributed by atoms with Gasteiger partial charge in [0.2, 0.25) is 0 Å². The molecule has 3 unspecified atom stereocenters. The summed E-state index contributed by atoms with van der Waals surface area (Å²) >= 11 is 0. The molecule has 1 saturated heterocycles. The van der Waals surface area contributed by atoms with Crippen LogP contribution in [0.1, 0.15) is 31.7 Å². The fraction of sp³-hybridized carbons (Fsp3) is 0.625. The highest BCUT2D eigenvalue weighted by molar-refractivity contribution is 5.21. The molecular formula is C16H25FN2. The molecular weight excluding hydrogens is 239 g/mol. The van der Waals surface area contributed by atoms with Crippen molar-refractivity contribution in [1.82, 2.24) is 4.90 Å². The van der Waals surface area contributed by atoms with Crippen molar-refractivity contribution in [3.63, 3.8) is 0 Å². The molecule has 106 valence electrons. The maximum Gasteiger partial charge on any atom is 0.123 e. The van der Waals surface area contributed by atoms with E-state index in [2.05, 4.69) is 18.7 Å². The summed E-state index contributed by atoms with van der Waals surface area (Å²) in [6, 6.07) is 6.78. The van der Waals surface area contributed by atoms with Gasteiger partial charge in [0.1, 0.15) is 5.82 Å². The van der Waals surface area contributed by atoms with Crippen molar-refractivity contribution in [2.75, 3.05) is 26.2 Å². The minimum atomic E-state index is -0.181. The molecule has 0 bridgehead atoms. The fourth-order valence-electron chi connectivity index (χ4n) is 3.30. The third-order valence-electron chi connectivity index (χ3n) is 4.05. The zero-order valence-electron chi connectivity index (χ0n) is 12.0. The van der Waals surface area contributed by atoms with Crippen molar-refractivity contribution < 1.29 is 4.39 Å². The lowest BCUT2D eigenvalue weighted by Crippen LogP contribution is -2.41. The van der Waals surface area contributed by atoms with E-state index < -0.39 is 0 Å². The largest absolute Gasteiger partial charge is 0.330 e. The Balaban J connectivity index is 2.00. The standard InChI is InChI=1S/C16H25FN2/c1-12-7-13(2)10-19(9-12)11-15(8-18)14-3-5-16(17)6-4-14/h3-6,12-13,15H,7-11,18H2,1-2H3. The third-order valence-corrected chi connectivity index (χ3v) is 4.05. The van der Waals surface area contributed by atoms with Gasteiger partial charge < -0.3 is 10.6 Å². The second-order valence-electron chi connectivity index (χ2n) is 6.15. The first-order chi connectivity index (χ1) is 9.08. The second-order valence-corrected chi connectivity index (χ2v) is 6.15. The number of benzene rings is 1. The number of nitrogens with two attached hydrogens (primary N) is 1. The average Bonchev–Trinajstić information content (AvgIpc) is 2.36. The Bertz CT molecular complexity index is 380. The molecule has 1 heterocycles. The summed E-state index contributed by atoms with van der Waals surface area (Å²) in [7, 11) is 0. The van der Waals surface area contributed by atoms with Crippen LogP contribution in [0.25, 0.3) is 0 Å². The van der Waals surface area contributed by atoms with E-state index in [1.165, 1.54) is 18.6 Å². The van der Waals surface area contributed by atoms with Crippen LogP contribution in [-0.4, -0.2) is 31.1 Å². The number of likely N-dealkylation sites (tertiary alicyclic amines) is 1. The summed E-state index contributed by atoms with van der Waals surface area (Å²) in [5, 5.41) is 0. The van der Waals surface area contributed by atoms with E-state index in [9.17, 15) is 4.39 Å². The molecule has 0 radical (unpaired) electrons. The Labute approximate surface area is 115 Å². The molecule has 2 nitrogen and oxygen atoms in total. The molecule has 2 rings (SSSR count). The van der Waals surface area contributed by atoms with Crippen LogP contribution in [0.15, 0.2) is 24.3 Å². The van der Waals surface area contributed by atoms with Crippen LogP contribution in [0.5, 0.6) is 0 Å². The monoisotopic (exact) mass is 264 g/mol. The molecule has 1 aromatic carbocycles. The Hall–Kier alpha value is -0.930. The molecule has 0 amide bonds. The van der Waals surface area contributed by atoms with Gasteiger partial charge in [-0.1, -0.05) is 26.0 Å². The van der Waals surface area contributed by atoms with Crippen molar-refractivity contribution in [1.29, 1.82) is 0 Å². The summed E-state index contributed by atoms with van der Waals surface area (Å²) < 4.78 is 13.0. The quantitative estimate of drug-likeness (QED) is 0.906. The van der Waals surface area contributed by atoms with Gasteiger partial charge in [-0.2, -0.15) is 0 Å². The van der Waals surface area contributed by atoms with Crippen LogP contribution in [0.4, 0.5) is 4.39 Å². The molecule has 0 aliphatic carbocycles. The van der Waals surface area contributed by atoms with E-state index in [0.717, 1.165) is 37.0 Å². The van der Waals surface area contributed by atoms with Gasteiger partial charge in [-0.15, -0.1) is 0 Å². The fourth-order valence-corrected chi connectivity index (χ4v) is 3.30. The number of hydrogen-bond donors (Lipinski definition) is 1. The van der Waals surface area contributed by atoms with Gasteiger partial charge in [-0.05, 0) is 36.0 Å². The maximum atomic E-state index is 13.0. The summed E-state index contributed by atoms with van der Waals surface area (Å²) in [5.74, 6) is 1.64. The van der Waals surface area contributed by atoms with E-state index in [0.29, 0.717) is 12.5 Å². The second kappa shape index (κ2) is 6.49. The molecule has 0 aromatic heterocycles. The van der Waals surface area contributed by atoms with Crippen LogP contribution in [0.3, 0.4) is 0 Å². The molecule has 0 spiro atoms. The molecule has 0 saturated carbocycles. The van der Waals surface area contributed by atoms with Crippen molar-refractivity contribution in [2.24, 2.45) is 17.6 Å². The van der Waals surface area contributed by atoms with E-state index >= 15 is 0 Å². The van der Waals surface area contributed by atoms with Crippen molar-refractivity contribution >= 4 is 0 Å². The Kier molecular flexibility index (Phi) is 4.94. The summed E-state index contributed by atoms with van der Waals surface area (Å²) in [6.07, 6.45) is 1.32. The summed E-state index contributed by atoms with van der Waals surface area (Å²) in [6.45, 7) is 8.54. The molecule has 1 aliphatic rings. The number of hydrogen-bond acceptors (Lipinski definition) is 2. The van der Waals surface area contributed by atoms with Crippen LogP contribution in [0, 0.1) is 17.7 Å². The molecule has 1 aromatic rings. The van der Waals surface area contributed by atoms with Gasteiger partial charge in [0.05, 0.1) is 0 Å². The van der Waals surface area contributed by atoms with Gasteiger partial charge in [-0.3, -0.25) is 0 Å². The van der Waals surface area contributed by atoms with Gasteiger partial charge in [0.15, 0.2) is 0 Å². The van der Waals surface area contributed by atoms with Crippen LogP contribution < -0.4 is 5.73 Å². The van der Waals surface area contributed by atoms with Crippen LogP contribution in [0.2, 0.25) is 0 Å². The lowest BCUT2D eigenvalue weighted by atomic mass is 9.90. The van der Waals surface area contributed by atoms with Crippen molar-refractivity contribution in [2.45, 2.75) is 26.2 Å². The lowest BCUT2D eigenvalue weighted by Gasteiger charge is -2.37. The van der Waals surface area contributed by atoms with E-state index in [1.807, 2.05) is 12.1 Å². The Morgan fingerprint density at radius 3 is 2.32 bits per heavy atom. The highest BCUT2D eigenvalue weighted by Crippen LogP contribution is 2.24. The smallest absolute Gasteiger partial charge is 0.123 e. The number of piperidine rings is 1. The molecule has 1 aliphatic heterocycles. The molecule has 19 heavy (non-hydrogen) atoms. The number of nitrogens with zero attached hydrogens (tertiary/aromatic N) is 1. The molecule has 2 N–H and O–H groups in total. The summed E-state index contributed by atoms with van der Waals surface area (Å²) in [5.41, 5.74) is 7.06. The van der Waals surface area contributed by atoms with E-state index in [1.54, 1.807) is 0 Å². The Morgan fingerprint density at radius 1 is 1.21 bits per heavy atom. The van der Waals surface area contributed by atoms with Crippen LogP contribution >= 0.6 is 0 Å². The first kappa shape index (κ1) is 14.5. The SMILES string of the molecule is CC1CC(C)CN(CC(CN)c2ccc(F)cc2)C1. The topological polar surface area (TPSA) is 29.3 Å². The van der Waals surface area contributed by atoms with E-state index in [-0.39, 0.29) is 5.82 Å². The maximum absolute atomic E-state index is 13.0. The zero-order chi connectivity index (χ0) is 13.8. The zero-order valence-corrected chi connectivity index (χ0v) is 12.0. The predicted octanol–water partition coefficient (Wildman–Crippen LogP) is 2.85. The third kappa shape index (κ3) is 4.02. The van der Waals surface area contributed by atoms with Crippen LogP contribution in [-0.2, 0) is 0 Å². The Morgan fingerprint density at radius 2 is 1.79 bits per heavy atom.